The van der Waals surface area contributed by atoms with Crippen LogP contribution in [0.5, 0.6) is 0 Å². The Kier molecular flexibility index (Phi) is 7.98. The Bertz CT molecular complexity index is 1270. The highest BCUT2D eigenvalue weighted by molar-refractivity contribution is 6.09. The SMILES string of the molecule is CCOC(=O)c1c(C)[nH]c(C)c1C(=O)COC(=O)c1cc([N+](=O)[O-])ccc1NCc1ccccc1. The number of aromatic amines is 1. The zero-order valence-corrected chi connectivity index (χ0v) is 19.5. The minimum atomic E-state index is -0.916. The second kappa shape index (κ2) is 11.1. The number of nitro groups is 1. The average molecular weight is 479 g/mol. The highest BCUT2D eigenvalue weighted by Crippen LogP contribution is 2.25. The number of ether oxygens (including phenoxy) is 2. The lowest BCUT2D eigenvalue weighted by molar-refractivity contribution is -0.384. The number of rotatable bonds is 10. The number of nitrogens with zero attached hydrogens (tertiary/aromatic N) is 1. The largest absolute Gasteiger partial charge is 0.462 e. The Hall–Kier alpha value is -4.47. The molecule has 0 amide bonds. The van der Waals surface area contributed by atoms with Crippen molar-refractivity contribution in [3.8, 4) is 0 Å². The number of carbonyl (C=O) groups excluding carboxylic acids is 3. The molecule has 182 valence electrons. The molecule has 0 aliphatic rings. The minimum Gasteiger partial charge on any atom is -0.462 e. The van der Waals surface area contributed by atoms with Crippen LogP contribution in [0.15, 0.2) is 48.5 Å². The van der Waals surface area contributed by atoms with Crippen molar-refractivity contribution in [3.05, 3.63) is 92.3 Å². The topological polar surface area (TPSA) is 141 Å². The first-order chi connectivity index (χ1) is 16.7. The number of Topliss-reactive ketones (excluding diaryl/α,β-unsaturated/α-hetero) is 1. The number of ketones is 1. The lowest BCUT2D eigenvalue weighted by Crippen LogP contribution is -2.19. The Labute approximate surface area is 201 Å². The van der Waals surface area contributed by atoms with Crippen molar-refractivity contribution in [2.45, 2.75) is 27.3 Å². The van der Waals surface area contributed by atoms with E-state index in [-0.39, 0.29) is 29.0 Å². The number of anilines is 1. The highest BCUT2D eigenvalue weighted by Gasteiger charge is 2.27. The zero-order chi connectivity index (χ0) is 25.5. The summed E-state index contributed by atoms with van der Waals surface area (Å²) in [6.45, 7) is 4.74. The molecule has 0 saturated heterocycles. The van der Waals surface area contributed by atoms with Crippen LogP contribution < -0.4 is 5.32 Å². The van der Waals surface area contributed by atoms with E-state index in [4.69, 9.17) is 9.47 Å². The second-order valence-corrected chi connectivity index (χ2v) is 7.67. The summed E-state index contributed by atoms with van der Waals surface area (Å²) in [6.07, 6.45) is 0. The van der Waals surface area contributed by atoms with E-state index >= 15 is 0 Å². The molecule has 0 radical (unpaired) electrons. The molecule has 1 heterocycles. The van der Waals surface area contributed by atoms with E-state index < -0.39 is 29.3 Å². The number of benzene rings is 2. The van der Waals surface area contributed by atoms with E-state index in [1.165, 1.54) is 12.1 Å². The number of nitrogens with one attached hydrogen (secondary N) is 2. The van der Waals surface area contributed by atoms with E-state index in [0.717, 1.165) is 11.6 Å². The number of carbonyl (C=O) groups is 3. The molecular weight excluding hydrogens is 454 g/mol. The molecule has 0 atom stereocenters. The van der Waals surface area contributed by atoms with Crippen molar-refractivity contribution >= 4 is 29.1 Å². The number of hydrogen-bond donors (Lipinski definition) is 2. The molecule has 2 N–H and O–H groups in total. The van der Waals surface area contributed by atoms with E-state index in [1.54, 1.807) is 20.8 Å². The summed E-state index contributed by atoms with van der Waals surface area (Å²) in [7, 11) is 0. The molecule has 3 aromatic rings. The molecule has 10 nitrogen and oxygen atoms in total. The summed E-state index contributed by atoms with van der Waals surface area (Å²) in [4.78, 5) is 51.6. The van der Waals surface area contributed by atoms with Crippen molar-refractivity contribution in [2.75, 3.05) is 18.5 Å². The van der Waals surface area contributed by atoms with Crippen molar-refractivity contribution in [1.29, 1.82) is 0 Å². The fraction of sp³-hybridized carbons (Fsp3) is 0.240. The number of aromatic nitrogens is 1. The summed E-state index contributed by atoms with van der Waals surface area (Å²) in [5.74, 6) is -2.18. The standard InChI is InChI=1S/C25H25N3O7/c1-4-34-25(31)23-16(3)27-15(2)22(23)21(29)14-35-24(30)19-12-18(28(32)33)10-11-20(19)26-13-17-8-6-5-7-9-17/h5-12,26-27H,4,13-14H2,1-3H3. The van der Waals surface area contributed by atoms with Crippen LogP contribution in [0.3, 0.4) is 0 Å². The Balaban J connectivity index is 1.80. The van der Waals surface area contributed by atoms with Crippen LogP contribution in [0.1, 0.15) is 54.9 Å². The Morgan fingerprint density at radius 3 is 2.31 bits per heavy atom. The van der Waals surface area contributed by atoms with Gasteiger partial charge >= 0.3 is 11.9 Å². The van der Waals surface area contributed by atoms with Gasteiger partial charge in [0.15, 0.2) is 6.61 Å². The van der Waals surface area contributed by atoms with Crippen molar-refractivity contribution in [3.63, 3.8) is 0 Å². The normalized spacial score (nSPS) is 10.5. The van der Waals surface area contributed by atoms with Gasteiger partial charge < -0.3 is 19.8 Å². The number of hydrogen-bond acceptors (Lipinski definition) is 8. The van der Waals surface area contributed by atoms with Gasteiger partial charge in [-0.15, -0.1) is 0 Å². The van der Waals surface area contributed by atoms with E-state index in [1.807, 2.05) is 30.3 Å². The zero-order valence-electron chi connectivity index (χ0n) is 19.5. The van der Waals surface area contributed by atoms with Crippen LogP contribution in [-0.4, -0.2) is 40.8 Å². The summed E-state index contributed by atoms with van der Waals surface area (Å²) in [5.41, 5.74) is 1.93. The van der Waals surface area contributed by atoms with Crippen LogP contribution in [0.2, 0.25) is 0 Å². The predicted molar refractivity (Wildman–Crippen MR) is 128 cm³/mol. The molecule has 0 saturated carbocycles. The molecule has 1 aromatic heterocycles. The lowest BCUT2D eigenvalue weighted by Gasteiger charge is -2.12. The number of nitro benzene ring substituents is 1. The van der Waals surface area contributed by atoms with Gasteiger partial charge in [-0.3, -0.25) is 14.9 Å². The molecule has 0 bridgehead atoms. The molecule has 0 aliphatic carbocycles. The fourth-order valence-electron chi connectivity index (χ4n) is 3.63. The van der Waals surface area contributed by atoms with E-state index in [2.05, 4.69) is 10.3 Å². The monoisotopic (exact) mass is 479 g/mol. The first-order valence-electron chi connectivity index (χ1n) is 10.9. The van der Waals surface area contributed by atoms with Gasteiger partial charge in [-0.05, 0) is 32.4 Å². The maximum absolute atomic E-state index is 12.9. The second-order valence-electron chi connectivity index (χ2n) is 7.67. The molecule has 0 aliphatic heterocycles. The number of esters is 2. The summed E-state index contributed by atoms with van der Waals surface area (Å²) >= 11 is 0. The van der Waals surface area contributed by atoms with Crippen LogP contribution in [-0.2, 0) is 16.0 Å². The molecule has 0 fully saturated rings. The van der Waals surface area contributed by atoms with Gasteiger partial charge in [0, 0.05) is 35.8 Å². The smallest absolute Gasteiger partial charge is 0.340 e. The van der Waals surface area contributed by atoms with Gasteiger partial charge in [0.2, 0.25) is 5.78 Å². The van der Waals surface area contributed by atoms with E-state index in [9.17, 15) is 24.5 Å². The van der Waals surface area contributed by atoms with Gasteiger partial charge in [0.25, 0.3) is 5.69 Å². The first-order valence-corrected chi connectivity index (χ1v) is 10.9. The number of aryl methyl sites for hydroxylation is 2. The average Bonchev–Trinajstić information content (AvgIpc) is 3.15. The predicted octanol–water partition coefficient (Wildman–Crippen LogP) is 4.37. The van der Waals surface area contributed by atoms with Crippen molar-refractivity contribution < 1.29 is 28.8 Å². The van der Waals surface area contributed by atoms with Crippen LogP contribution in [0.25, 0.3) is 0 Å². The van der Waals surface area contributed by atoms with Crippen LogP contribution in [0, 0.1) is 24.0 Å². The third-order valence-corrected chi connectivity index (χ3v) is 5.23. The number of H-pyrrole nitrogens is 1. The fourth-order valence-corrected chi connectivity index (χ4v) is 3.63. The van der Waals surface area contributed by atoms with E-state index in [0.29, 0.717) is 23.6 Å². The van der Waals surface area contributed by atoms with Gasteiger partial charge in [-0.25, -0.2) is 9.59 Å². The molecular formula is C25H25N3O7. The van der Waals surface area contributed by atoms with Gasteiger partial charge in [0.05, 0.1) is 28.2 Å². The Morgan fingerprint density at radius 2 is 1.66 bits per heavy atom. The maximum atomic E-state index is 12.9. The lowest BCUT2D eigenvalue weighted by atomic mass is 10.1. The molecule has 10 heteroatoms. The van der Waals surface area contributed by atoms with Crippen molar-refractivity contribution in [1.82, 2.24) is 4.98 Å². The molecule has 35 heavy (non-hydrogen) atoms. The highest BCUT2D eigenvalue weighted by atomic mass is 16.6. The van der Waals surface area contributed by atoms with Crippen molar-refractivity contribution in [2.24, 2.45) is 0 Å². The third-order valence-electron chi connectivity index (χ3n) is 5.23. The molecule has 0 unspecified atom stereocenters. The molecule has 3 rings (SSSR count). The van der Waals surface area contributed by atoms with Crippen LogP contribution >= 0.6 is 0 Å². The molecule has 2 aromatic carbocycles. The summed E-state index contributed by atoms with van der Waals surface area (Å²) in [5, 5.41) is 14.3. The minimum absolute atomic E-state index is 0.0789. The molecule has 0 spiro atoms. The summed E-state index contributed by atoms with van der Waals surface area (Å²) < 4.78 is 10.2. The first kappa shape index (κ1) is 25.2. The number of non-ortho nitro benzene ring substituents is 1. The van der Waals surface area contributed by atoms with Gasteiger partial charge in [-0.2, -0.15) is 0 Å². The Morgan fingerprint density at radius 1 is 0.971 bits per heavy atom. The summed E-state index contributed by atoms with van der Waals surface area (Å²) in [6, 6.07) is 13.2. The van der Waals surface area contributed by atoms with Gasteiger partial charge in [0.1, 0.15) is 0 Å². The maximum Gasteiger partial charge on any atom is 0.340 e. The quantitative estimate of drug-likeness (QED) is 0.189. The van der Waals surface area contributed by atoms with Gasteiger partial charge in [-0.1, -0.05) is 30.3 Å². The third kappa shape index (κ3) is 5.91. The van der Waals surface area contributed by atoms with Crippen LogP contribution in [0.4, 0.5) is 11.4 Å².